The Morgan fingerprint density at radius 1 is 1.06 bits per heavy atom. The van der Waals surface area contributed by atoms with E-state index in [-0.39, 0.29) is 18.2 Å². The number of benzene rings is 1. The molecular weight excluding hydrogens is 226 g/mol. The second kappa shape index (κ2) is 7.52. The maximum absolute atomic E-state index is 6.01. The first-order valence-corrected chi connectivity index (χ1v) is 6.56. The third-order valence-corrected chi connectivity index (χ3v) is 2.80. The Kier molecular flexibility index (Phi) is 6.33. The van der Waals surface area contributed by atoms with Gasteiger partial charge in [0, 0.05) is 6.04 Å². The predicted molar refractivity (Wildman–Crippen MR) is 74.6 cm³/mol. The van der Waals surface area contributed by atoms with Gasteiger partial charge in [-0.05, 0) is 38.8 Å². The molecule has 1 rings (SSSR count). The van der Waals surface area contributed by atoms with Crippen LogP contribution in [0.3, 0.4) is 0 Å². The fraction of sp³-hybridized carbons (Fsp3) is 0.600. The fourth-order valence-corrected chi connectivity index (χ4v) is 1.89. The second-order valence-electron chi connectivity index (χ2n) is 4.93. The standard InChI is InChI=1S/C15H25NO2/c1-11(2)17-9-10-18-15(13(4)16)14-8-6-5-7-12(14)3/h5-8,11,13,15H,9-10,16H2,1-4H3. The maximum Gasteiger partial charge on any atom is 0.0976 e. The summed E-state index contributed by atoms with van der Waals surface area (Å²) >= 11 is 0. The summed E-state index contributed by atoms with van der Waals surface area (Å²) in [6.45, 7) is 9.26. The average molecular weight is 251 g/mol. The van der Waals surface area contributed by atoms with Gasteiger partial charge in [0.05, 0.1) is 25.4 Å². The average Bonchev–Trinajstić information content (AvgIpc) is 2.30. The molecule has 3 heteroatoms. The second-order valence-corrected chi connectivity index (χ2v) is 4.93. The highest BCUT2D eigenvalue weighted by Gasteiger charge is 2.18. The Bertz CT molecular complexity index is 350. The van der Waals surface area contributed by atoms with Crippen LogP contribution < -0.4 is 5.73 Å². The van der Waals surface area contributed by atoms with E-state index in [2.05, 4.69) is 19.1 Å². The lowest BCUT2D eigenvalue weighted by molar-refractivity contribution is -0.0203. The largest absolute Gasteiger partial charge is 0.376 e. The van der Waals surface area contributed by atoms with Gasteiger partial charge in [0.15, 0.2) is 0 Å². The minimum Gasteiger partial charge on any atom is -0.376 e. The zero-order valence-corrected chi connectivity index (χ0v) is 11.8. The van der Waals surface area contributed by atoms with Crippen molar-refractivity contribution in [1.29, 1.82) is 0 Å². The van der Waals surface area contributed by atoms with E-state index in [9.17, 15) is 0 Å². The van der Waals surface area contributed by atoms with Crippen molar-refractivity contribution < 1.29 is 9.47 Å². The SMILES string of the molecule is Cc1ccccc1C(OCCOC(C)C)C(C)N. The van der Waals surface area contributed by atoms with Gasteiger partial charge in [-0.15, -0.1) is 0 Å². The molecule has 0 aromatic heterocycles. The molecule has 1 aromatic carbocycles. The van der Waals surface area contributed by atoms with Gasteiger partial charge >= 0.3 is 0 Å². The molecule has 2 N–H and O–H groups in total. The van der Waals surface area contributed by atoms with Crippen molar-refractivity contribution in [3.05, 3.63) is 35.4 Å². The van der Waals surface area contributed by atoms with E-state index < -0.39 is 0 Å². The molecule has 2 atom stereocenters. The van der Waals surface area contributed by atoms with E-state index in [1.165, 1.54) is 5.56 Å². The van der Waals surface area contributed by atoms with E-state index in [4.69, 9.17) is 15.2 Å². The maximum atomic E-state index is 6.01. The minimum atomic E-state index is -0.0676. The molecule has 0 saturated carbocycles. The topological polar surface area (TPSA) is 44.5 Å². The number of ether oxygens (including phenoxy) is 2. The smallest absolute Gasteiger partial charge is 0.0976 e. The predicted octanol–water partition coefficient (Wildman–Crippen LogP) is 2.82. The van der Waals surface area contributed by atoms with Gasteiger partial charge in [-0.25, -0.2) is 0 Å². The van der Waals surface area contributed by atoms with Gasteiger partial charge in [0.1, 0.15) is 0 Å². The minimum absolute atomic E-state index is 0.0369. The summed E-state index contributed by atoms with van der Waals surface area (Å²) in [6.07, 6.45) is 0.169. The lowest BCUT2D eigenvalue weighted by atomic mass is 9.99. The van der Waals surface area contributed by atoms with Gasteiger partial charge in [-0.3, -0.25) is 0 Å². The van der Waals surface area contributed by atoms with Crippen LogP contribution in [0, 0.1) is 6.92 Å². The Hall–Kier alpha value is -0.900. The number of hydrogen-bond acceptors (Lipinski definition) is 3. The molecule has 0 aliphatic heterocycles. The summed E-state index contributed by atoms with van der Waals surface area (Å²) < 4.78 is 11.3. The molecule has 0 saturated heterocycles. The summed E-state index contributed by atoms with van der Waals surface area (Å²) in [7, 11) is 0. The number of nitrogens with two attached hydrogens (primary N) is 1. The third kappa shape index (κ3) is 4.77. The van der Waals surface area contributed by atoms with Crippen molar-refractivity contribution in [1.82, 2.24) is 0 Å². The van der Waals surface area contributed by atoms with E-state index in [0.717, 1.165) is 5.56 Å². The lowest BCUT2D eigenvalue weighted by Gasteiger charge is -2.23. The highest BCUT2D eigenvalue weighted by Crippen LogP contribution is 2.23. The van der Waals surface area contributed by atoms with Crippen molar-refractivity contribution >= 4 is 0 Å². The van der Waals surface area contributed by atoms with Crippen LogP contribution in [0.15, 0.2) is 24.3 Å². The molecule has 102 valence electrons. The Labute approximate surface area is 110 Å². The van der Waals surface area contributed by atoms with E-state index in [1.54, 1.807) is 0 Å². The molecule has 0 bridgehead atoms. The van der Waals surface area contributed by atoms with Crippen LogP contribution in [-0.4, -0.2) is 25.4 Å². The van der Waals surface area contributed by atoms with Crippen molar-refractivity contribution in [3.63, 3.8) is 0 Å². The van der Waals surface area contributed by atoms with Crippen LogP contribution in [-0.2, 0) is 9.47 Å². The highest BCUT2D eigenvalue weighted by atomic mass is 16.5. The molecule has 1 aromatic rings. The zero-order valence-electron chi connectivity index (χ0n) is 11.8. The van der Waals surface area contributed by atoms with Crippen LogP contribution >= 0.6 is 0 Å². The first kappa shape index (κ1) is 15.2. The quantitative estimate of drug-likeness (QED) is 0.758. The molecule has 3 nitrogen and oxygen atoms in total. The molecule has 18 heavy (non-hydrogen) atoms. The summed E-state index contributed by atoms with van der Waals surface area (Å²) in [5.41, 5.74) is 8.39. The Morgan fingerprint density at radius 2 is 1.67 bits per heavy atom. The first-order chi connectivity index (χ1) is 8.52. The molecule has 0 fully saturated rings. The van der Waals surface area contributed by atoms with Crippen LogP contribution in [0.2, 0.25) is 0 Å². The van der Waals surface area contributed by atoms with Crippen molar-refractivity contribution in [3.8, 4) is 0 Å². The number of hydrogen-bond donors (Lipinski definition) is 1. The van der Waals surface area contributed by atoms with Gasteiger partial charge in [0.25, 0.3) is 0 Å². The van der Waals surface area contributed by atoms with Gasteiger partial charge in [-0.2, -0.15) is 0 Å². The third-order valence-electron chi connectivity index (χ3n) is 2.80. The van der Waals surface area contributed by atoms with Crippen LogP contribution in [0.1, 0.15) is 38.0 Å². The van der Waals surface area contributed by atoms with E-state index >= 15 is 0 Å². The van der Waals surface area contributed by atoms with Crippen molar-refractivity contribution in [2.45, 2.75) is 45.9 Å². The Morgan fingerprint density at radius 3 is 2.22 bits per heavy atom. The summed E-state index contributed by atoms with van der Waals surface area (Å²) in [6, 6.07) is 8.17. The van der Waals surface area contributed by atoms with Crippen molar-refractivity contribution in [2.75, 3.05) is 13.2 Å². The molecular formula is C15H25NO2. The summed E-state index contributed by atoms with van der Waals surface area (Å²) in [5.74, 6) is 0. The first-order valence-electron chi connectivity index (χ1n) is 6.56. The van der Waals surface area contributed by atoms with Gasteiger partial charge in [0.2, 0.25) is 0 Å². The summed E-state index contributed by atoms with van der Waals surface area (Å²) in [4.78, 5) is 0. The zero-order chi connectivity index (χ0) is 13.5. The Balaban J connectivity index is 2.58. The highest BCUT2D eigenvalue weighted by molar-refractivity contribution is 5.28. The van der Waals surface area contributed by atoms with Gasteiger partial charge in [-0.1, -0.05) is 24.3 Å². The van der Waals surface area contributed by atoms with E-state index in [1.807, 2.05) is 32.9 Å². The van der Waals surface area contributed by atoms with Crippen LogP contribution in [0.25, 0.3) is 0 Å². The lowest BCUT2D eigenvalue weighted by Crippen LogP contribution is -2.28. The molecule has 0 radical (unpaired) electrons. The fourth-order valence-electron chi connectivity index (χ4n) is 1.89. The molecule has 0 aliphatic rings. The molecule has 0 amide bonds. The normalized spacial score (nSPS) is 14.8. The van der Waals surface area contributed by atoms with Crippen molar-refractivity contribution in [2.24, 2.45) is 5.73 Å². The molecule has 0 spiro atoms. The molecule has 0 heterocycles. The van der Waals surface area contributed by atoms with E-state index in [0.29, 0.717) is 13.2 Å². The monoisotopic (exact) mass is 251 g/mol. The van der Waals surface area contributed by atoms with Crippen LogP contribution in [0.5, 0.6) is 0 Å². The number of rotatable bonds is 7. The molecule has 2 unspecified atom stereocenters. The summed E-state index contributed by atoms with van der Waals surface area (Å²) in [5, 5.41) is 0. The molecule has 0 aliphatic carbocycles. The van der Waals surface area contributed by atoms with Gasteiger partial charge < -0.3 is 15.2 Å². The number of aryl methyl sites for hydroxylation is 1. The van der Waals surface area contributed by atoms with Crippen LogP contribution in [0.4, 0.5) is 0 Å².